The van der Waals surface area contributed by atoms with Crippen molar-refractivity contribution in [2.75, 3.05) is 6.61 Å². The van der Waals surface area contributed by atoms with Gasteiger partial charge >= 0.3 is 5.69 Å². The molecule has 0 aromatic heterocycles. The number of nitro groups is 1. The van der Waals surface area contributed by atoms with Crippen LogP contribution in [0, 0.1) is 15.9 Å². The molecule has 0 saturated heterocycles. The first-order valence-electron chi connectivity index (χ1n) is 3.83. The summed E-state index contributed by atoms with van der Waals surface area (Å²) in [4.78, 5) is 9.53. The summed E-state index contributed by atoms with van der Waals surface area (Å²) in [5.74, 6) is -1.31. The van der Waals surface area contributed by atoms with Crippen molar-refractivity contribution in [3.63, 3.8) is 0 Å². The molecule has 0 unspecified atom stereocenters. The number of hydrogen-bond donors (Lipinski definition) is 0. The van der Waals surface area contributed by atoms with E-state index in [1.54, 1.807) is 6.92 Å². The first-order valence-corrected chi connectivity index (χ1v) is 4.21. The molecular formula is C8H7ClFNO3. The van der Waals surface area contributed by atoms with Gasteiger partial charge in [-0.05, 0) is 13.0 Å². The van der Waals surface area contributed by atoms with Crippen LogP contribution in [0.5, 0.6) is 5.75 Å². The number of benzene rings is 1. The van der Waals surface area contributed by atoms with E-state index in [1.165, 1.54) is 6.07 Å². The van der Waals surface area contributed by atoms with E-state index < -0.39 is 16.4 Å². The van der Waals surface area contributed by atoms with Crippen LogP contribution >= 0.6 is 11.6 Å². The summed E-state index contributed by atoms with van der Waals surface area (Å²) < 4.78 is 18.2. The highest BCUT2D eigenvalue weighted by molar-refractivity contribution is 6.32. The van der Waals surface area contributed by atoms with Gasteiger partial charge in [0.1, 0.15) is 0 Å². The molecule has 0 N–H and O–H groups in total. The molecule has 0 spiro atoms. The third-order valence-electron chi connectivity index (χ3n) is 1.51. The van der Waals surface area contributed by atoms with Gasteiger partial charge in [-0.2, -0.15) is 4.39 Å². The number of ether oxygens (including phenoxy) is 1. The van der Waals surface area contributed by atoms with Crippen molar-refractivity contribution in [2.24, 2.45) is 0 Å². The second kappa shape index (κ2) is 4.23. The van der Waals surface area contributed by atoms with Crippen molar-refractivity contribution < 1.29 is 14.1 Å². The molecule has 1 aromatic carbocycles. The average molecular weight is 220 g/mol. The zero-order valence-corrected chi connectivity index (χ0v) is 8.05. The van der Waals surface area contributed by atoms with E-state index in [0.717, 1.165) is 6.07 Å². The zero-order valence-electron chi connectivity index (χ0n) is 7.29. The molecule has 0 fully saturated rings. The highest BCUT2D eigenvalue weighted by Gasteiger charge is 2.21. The van der Waals surface area contributed by atoms with Crippen molar-refractivity contribution in [3.05, 3.63) is 33.1 Å². The fourth-order valence-electron chi connectivity index (χ4n) is 0.940. The number of nitro benzene ring substituents is 1. The maximum absolute atomic E-state index is 13.3. The maximum atomic E-state index is 13.3. The number of halogens is 2. The fourth-order valence-corrected chi connectivity index (χ4v) is 1.14. The molecule has 0 radical (unpaired) electrons. The Balaban J connectivity index is 3.26. The second-order valence-corrected chi connectivity index (χ2v) is 2.81. The summed E-state index contributed by atoms with van der Waals surface area (Å²) in [6.07, 6.45) is 0. The molecule has 0 aliphatic heterocycles. The van der Waals surface area contributed by atoms with Gasteiger partial charge in [0.2, 0.25) is 5.82 Å². The van der Waals surface area contributed by atoms with Crippen LogP contribution in [0.2, 0.25) is 5.02 Å². The van der Waals surface area contributed by atoms with Crippen molar-refractivity contribution >= 4 is 17.3 Å². The van der Waals surface area contributed by atoms with Crippen LogP contribution in [-0.4, -0.2) is 11.5 Å². The Morgan fingerprint density at radius 2 is 2.29 bits per heavy atom. The van der Waals surface area contributed by atoms with E-state index >= 15 is 0 Å². The minimum Gasteiger partial charge on any atom is -0.489 e. The predicted molar refractivity (Wildman–Crippen MR) is 49.2 cm³/mol. The predicted octanol–water partition coefficient (Wildman–Crippen LogP) is 2.79. The van der Waals surface area contributed by atoms with Gasteiger partial charge in [0.25, 0.3) is 0 Å². The highest BCUT2D eigenvalue weighted by Crippen LogP contribution is 2.33. The number of rotatable bonds is 3. The van der Waals surface area contributed by atoms with Gasteiger partial charge in [-0.25, -0.2) is 0 Å². The summed E-state index contributed by atoms with van der Waals surface area (Å²) in [5.41, 5.74) is -0.641. The molecule has 14 heavy (non-hydrogen) atoms. The van der Waals surface area contributed by atoms with E-state index in [1.807, 2.05) is 0 Å². The quantitative estimate of drug-likeness (QED) is 0.580. The zero-order chi connectivity index (χ0) is 10.7. The van der Waals surface area contributed by atoms with Crippen LogP contribution in [0.15, 0.2) is 12.1 Å². The lowest BCUT2D eigenvalue weighted by Gasteiger charge is -2.06. The lowest BCUT2D eigenvalue weighted by molar-refractivity contribution is -0.387. The molecule has 0 aliphatic rings. The highest BCUT2D eigenvalue weighted by atomic mass is 35.5. The summed E-state index contributed by atoms with van der Waals surface area (Å²) in [6, 6.07) is 2.23. The second-order valence-electron chi connectivity index (χ2n) is 2.40. The monoisotopic (exact) mass is 219 g/mol. The molecule has 6 heteroatoms. The minimum atomic E-state index is -1.04. The molecule has 0 heterocycles. The Morgan fingerprint density at radius 3 is 2.79 bits per heavy atom. The molecule has 1 rings (SSSR count). The Morgan fingerprint density at radius 1 is 1.64 bits per heavy atom. The summed E-state index contributed by atoms with van der Waals surface area (Å²) in [7, 11) is 0. The Kier molecular flexibility index (Phi) is 3.24. The van der Waals surface area contributed by atoms with Gasteiger partial charge in [0, 0.05) is 6.07 Å². The van der Waals surface area contributed by atoms with Crippen molar-refractivity contribution in [3.8, 4) is 5.75 Å². The lowest BCUT2D eigenvalue weighted by Crippen LogP contribution is -1.99. The summed E-state index contributed by atoms with van der Waals surface area (Å²) in [6.45, 7) is 1.83. The van der Waals surface area contributed by atoms with Crippen LogP contribution in [0.25, 0.3) is 0 Å². The van der Waals surface area contributed by atoms with Crippen LogP contribution in [0.1, 0.15) is 6.92 Å². The van der Waals surface area contributed by atoms with Gasteiger partial charge in [-0.1, -0.05) is 11.6 Å². The fraction of sp³-hybridized carbons (Fsp3) is 0.250. The maximum Gasteiger partial charge on any atom is 0.308 e. The molecular weight excluding hydrogens is 213 g/mol. The molecule has 0 saturated carbocycles. The molecule has 0 atom stereocenters. The van der Waals surface area contributed by atoms with Crippen molar-refractivity contribution in [2.45, 2.75) is 6.92 Å². The molecule has 4 nitrogen and oxygen atoms in total. The number of nitrogens with zero attached hydrogens (tertiary/aromatic N) is 1. The van der Waals surface area contributed by atoms with Gasteiger partial charge < -0.3 is 4.74 Å². The third kappa shape index (κ3) is 1.93. The molecule has 1 aromatic rings. The van der Waals surface area contributed by atoms with E-state index in [2.05, 4.69) is 0 Å². The normalized spacial score (nSPS) is 9.93. The third-order valence-corrected chi connectivity index (χ3v) is 1.81. The van der Waals surface area contributed by atoms with Crippen LogP contribution in [0.4, 0.5) is 10.1 Å². The largest absolute Gasteiger partial charge is 0.489 e. The lowest BCUT2D eigenvalue weighted by atomic mass is 10.3. The molecule has 0 amide bonds. The van der Waals surface area contributed by atoms with Crippen LogP contribution < -0.4 is 4.74 Å². The van der Waals surface area contributed by atoms with E-state index in [-0.39, 0.29) is 17.4 Å². The van der Waals surface area contributed by atoms with E-state index in [4.69, 9.17) is 16.3 Å². The molecule has 0 aliphatic carbocycles. The molecule has 0 bridgehead atoms. The van der Waals surface area contributed by atoms with Gasteiger partial charge in [0.15, 0.2) is 5.75 Å². The van der Waals surface area contributed by atoms with Gasteiger partial charge in [-0.3, -0.25) is 10.1 Å². The van der Waals surface area contributed by atoms with Crippen molar-refractivity contribution in [1.82, 2.24) is 0 Å². The average Bonchev–Trinajstić information content (AvgIpc) is 2.11. The van der Waals surface area contributed by atoms with Gasteiger partial charge in [-0.15, -0.1) is 0 Å². The number of hydrogen-bond acceptors (Lipinski definition) is 3. The van der Waals surface area contributed by atoms with E-state index in [0.29, 0.717) is 0 Å². The summed E-state index contributed by atoms with van der Waals surface area (Å²) >= 11 is 5.60. The first-order chi connectivity index (χ1) is 6.57. The Labute approximate surface area is 84.4 Å². The summed E-state index contributed by atoms with van der Waals surface area (Å²) in [5, 5.41) is 10.4. The Bertz CT molecular complexity index is 370. The molecule has 76 valence electrons. The van der Waals surface area contributed by atoms with Crippen molar-refractivity contribution in [1.29, 1.82) is 0 Å². The minimum absolute atomic E-state index is 0.0231. The topological polar surface area (TPSA) is 52.4 Å². The van der Waals surface area contributed by atoms with Crippen LogP contribution in [0.3, 0.4) is 0 Å². The smallest absolute Gasteiger partial charge is 0.308 e. The van der Waals surface area contributed by atoms with Gasteiger partial charge in [0.05, 0.1) is 16.6 Å². The van der Waals surface area contributed by atoms with Crippen LogP contribution in [-0.2, 0) is 0 Å². The Hall–Kier alpha value is -1.36. The van der Waals surface area contributed by atoms with E-state index in [9.17, 15) is 14.5 Å². The standard InChI is InChI=1S/C8H7ClFNO3/c1-2-14-8-5(9)3-4-6(7(8)10)11(12)13/h3-4H,2H2,1H3. The first kappa shape index (κ1) is 10.7. The SMILES string of the molecule is CCOc1c(Cl)ccc([N+](=O)[O-])c1F.